The summed E-state index contributed by atoms with van der Waals surface area (Å²) in [5.74, 6) is 0.440. The van der Waals surface area contributed by atoms with Gasteiger partial charge in [0.15, 0.2) is 0 Å². The van der Waals surface area contributed by atoms with Gasteiger partial charge < -0.3 is 15.5 Å². The van der Waals surface area contributed by atoms with Gasteiger partial charge in [0.2, 0.25) is 0 Å². The fraction of sp³-hybridized carbons (Fsp3) is 0.263. The highest BCUT2D eigenvalue weighted by Gasteiger charge is 1.90. The van der Waals surface area contributed by atoms with Crippen LogP contribution in [0.3, 0.4) is 0 Å². The number of benzene rings is 2. The average molecular weight is 299 g/mol. The monoisotopic (exact) mass is 299 g/mol. The maximum atomic E-state index is 9.02. The number of rotatable bonds is 5. The molecule has 3 N–H and O–H groups in total. The lowest BCUT2D eigenvalue weighted by molar-refractivity contribution is 0.420. The number of hydrogen-bond donors (Lipinski definition) is 3. The van der Waals surface area contributed by atoms with Gasteiger partial charge in [-0.1, -0.05) is 42.5 Å². The zero-order valence-corrected chi connectivity index (χ0v) is 13.3. The predicted molar refractivity (Wildman–Crippen MR) is 93.1 cm³/mol. The summed E-state index contributed by atoms with van der Waals surface area (Å²) in [7, 11) is 1.99. The van der Waals surface area contributed by atoms with E-state index in [1.165, 1.54) is 18.4 Å². The molecule has 0 atom stereocenters. The zero-order chi connectivity index (χ0) is 16.2. The van der Waals surface area contributed by atoms with Gasteiger partial charge in [-0.05, 0) is 62.7 Å². The van der Waals surface area contributed by atoms with Crippen molar-refractivity contribution in [1.82, 2.24) is 5.32 Å². The quantitative estimate of drug-likeness (QED) is 0.574. The molecule has 0 aliphatic heterocycles. The van der Waals surface area contributed by atoms with Crippen LogP contribution < -0.4 is 5.32 Å². The van der Waals surface area contributed by atoms with Gasteiger partial charge in [0.05, 0.1) is 5.76 Å². The fourth-order valence-corrected chi connectivity index (χ4v) is 1.97. The number of aliphatic hydroxyl groups is 1. The highest BCUT2D eigenvalue weighted by atomic mass is 16.3. The van der Waals surface area contributed by atoms with E-state index < -0.39 is 0 Å². The second-order valence-corrected chi connectivity index (χ2v) is 5.07. The molecular weight excluding hydrogens is 274 g/mol. The third-order valence-electron chi connectivity index (χ3n) is 2.98. The van der Waals surface area contributed by atoms with Crippen molar-refractivity contribution in [2.45, 2.75) is 19.8 Å². The lowest BCUT2D eigenvalue weighted by Crippen LogP contribution is -2.08. The Hall–Kier alpha value is -2.26. The number of aliphatic hydroxyl groups excluding tert-OH is 1. The lowest BCUT2D eigenvalue weighted by atomic mass is 10.1. The Morgan fingerprint density at radius 1 is 1.09 bits per heavy atom. The smallest absolute Gasteiger partial charge is 0.116 e. The Kier molecular flexibility index (Phi) is 8.46. The molecule has 0 unspecified atom stereocenters. The lowest BCUT2D eigenvalue weighted by Gasteiger charge is -1.99. The molecule has 0 aromatic heterocycles. The molecule has 2 aromatic carbocycles. The largest absolute Gasteiger partial charge is 0.513 e. The first-order valence-electron chi connectivity index (χ1n) is 7.46. The number of phenolic OH excluding ortho intramolecular Hbond substituents is 1. The van der Waals surface area contributed by atoms with Crippen LogP contribution in [0.25, 0.3) is 6.08 Å². The summed E-state index contributed by atoms with van der Waals surface area (Å²) < 4.78 is 0. The normalized spacial score (nSPS) is 10.7. The number of hydrogen-bond acceptors (Lipinski definition) is 3. The topological polar surface area (TPSA) is 52.5 Å². The minimum Gasteiger partial charge on any atom is -0.513 e. The van der Waals surface area contributed by atoms with Crippen LogP contribution >= 0.6 is 0 Å². The summed E-state index contributed by atoms with van der Waals surface area (Å²) in [4.78, 5) is 0. The van der Waals surface area contributed by atoms with E-state index in [0.717, 1.165) is 12.1 Å². The van der Waals surface area contributed by atoms with Crippen LogP contribution in [0.2, 0.25) is 0 Å². The first kappa shape index (κ1) is 17.8. The van der Waals surface area contributed by atoms with Gasteiger partial charge >= 0.3 is 0 Å². The minimum atomic E-state index is 0.208. The van der Waals surface area contributed by atoms with E-state index in [1.54, 1.807) is 37.3 Å². The van der Waals surface area contributed by atoms with E-state index in [0.29, 0.717) is 0 Å². The van der Waals surface area contributed by atoms with Crippen molar-refractivity contribution in [3.8, 4) is 5.75 Å². The molecule has 0 amide bonds. The molecule has 0 saturated heterocycles. The fourth-order valence-electron chi connectivity index (χ4n) is 1.97. The van der Waals surface area contributed by atoms with Gasteiger partial charge in [-0.2, -0.15) is 0 Å². The van der Waals surface area contributed by atoms with Gasteiger partial charge in [0, 0.05) is 0 Å². The molecule has 3 nitrogen and oxygen atoms in total. The molecule has 0 saturated carbocycles. The second-order valence-electron chi connectivity index (χ2n) is 5.07. The molecule has 0 fully saturated rings. The summed E-state index contributed by atoms with van der Waals surface area (Å²) in [6, 6.07) is 17.3. The Labute approximate surface area is 132 Å². The molecule has 0 heterocycles. The van der Waals surface area contributed by atoms with Crippen molar-refractivity contribution < 1.29 is 10.2 Å². The van der Waals surface area contributed by atoms with E-state index in [2.05, 4.69) is 35.6 Å². The van der Waals surface area contributed by atoms with Gasteiger partial charge in [0.1, 0.15) is 5.75 Å². The first-order chi connectivity index (χ1) is 10.6. The maximum Gasteiger partial charge on any atom is 0.116 e. The standard InChI is InChI=1S/C10H15N.C9H10O2/c1-11-9-5-8-10-6-3-2-4-7-10;1-7(10)5-8-3-2-4-9(11)6-8/h2-4,6-7,11H,5,8-9H2,1H3;2-6,10-11H,1H3/b;7-5-. The minimum absolute atomic E-state index is 0.208. The molecule has 3 heteroatoms. The highest BCUT2D eigenvalue weighted by molar-refractivity contribution is 5.52. The summed E-state index contributed by atoms with van der Waals surface area (Å²) in [6.45, 7) is 2.69. The van der Waals surface area contributed by atoms with Gasteiger partial charge in [0.25, 0.3) is 0 Å². The van der Waals surface area contributed by atoms with E-state index in [4.69, 9.17) is 10.2 Å². The van der Waals surface area contributed by atoms with Gasteiger partial charge in [-0.15, -0.1) is 0 Å². The summed E-state index contributed by atoms with van der Waals surface area (Å²) in [5, 5.41) is 21.0. The van der Waals surface area contributed by atoms with Crippen molar-refractivity contribution in [1.29, 1.82) is 0 Å². The Morgan fingerprint density at radius 2 is 1.82 bits per heavy atom. The Balaban J connectivity index is 0.000000220. The molecule has 0 aliphatic rings. The summed E-state index contributed by atoms with van der Waals surface area (Å²) in [5.41, 5.74) is 2.23. The Bertz CT molecular complexity index is 561. The molecule has 118 valence electrons. The zero-order valence-electron chi connectivity index (χ0n) is 13.3. The number of nitrogens with one attached hydrogen (secondary N) is 1. The third kappa shape index (κ3) is 8.12. The first-order valence-corrected chi connectivity index (χ1v) is 7.46. The predicted octanol–water partition coefficient (Wildman–Crippen LogP) is 4.15. The summed E-state index contributed by atoms with van der Waals surface area (Å²) >= 11 is 0. The van der Waals surface area contributed by atoms with Crippen LogP contribution in [0, 0.1) is 0 Å². The van der Waals surface area contributed by atoms with Crippen molar-refractivity contribution in [3.05, 3.63) is 71.5 Å². The van der Waals surface area contributed by atoms with Crippen molar-refractivity contribution >= 4 is 6.08 Å². The molecule has 0 bridgehead atoms. The number of aryl methyl sites for hydroxylation is 1. The van der Waals surface area contributed by atoms with Gasteiger partial charge in [-0.25, -0.2) is 0 Å². The average Bonchev–Trinajstić information content (AvgIpc) is 2.49. The van der Waals surface area contributed by atoms with Crippen LogP contribution in [0.5, 0.6) is 5.75 Å². The number of aromatic hydroxyl groups is 1. The van der Waals surface area contributed by atoms with Crippen molar-refractivity contribution in [2.75, 3.05) is 13.6 Å². The highest BCUT2D eigenvalue weighted by Crippen LogP contribution is 2.12. The number of allylic oxidation sites excluding steroid dienone is 1. The SMILES string of the molecule is C/C(O)=C/c1cccc(O)c1.CNCCCc1ccccc1. The van der Waals surface area contributed by atoms with Crippen molar-refractivity contribution in [3.63, 3.8) is 0 Å². The maximum absolute atomic E-state index is 9.02. The third-order valence-corrected chi connectivity index (χ3v) is 2.98. The van der Waals surface area contributed by atoms with Gasteiger partial charge in [-0.3, -0.25) is 0 Å². The molecule has 22 heavy (non-hydrogen) atoms. The van der Waals surface area contributed by atoms with Crippen LogP contribution in [0.1, 0.15) is 24.5 Å². The number of phenols is 1. The molecule has 0 spiro atoms. The van der Waals surface area contributed by atoms with Crippen LogP contribution in [0.15, 0.2) is 60.4 Å². The molecule has 2 aromatic rings. The molecule has 0 aliphatic carbocycles. The molecular formula is C19H25NO2. The molecule has 0 radical (unpaired) electrons. The van der Waals surface area contributed by atoms with Crippen LogP contribution in [-0.2, 0) is 6.42 Å². The Morgan fingerprint density at radius 3 is 2.41 bits per heavy atom. The van der Waals surface area contributed by atoms with Crippen LogP contribution in [0.4, 0.5) is 0 Å². The van der Waals surface area contributed by atoms with E-state index in [9.17, 15) is 0 Å². The van der Waals surface area contributed by atoms with Crippen molar-refractivity contribution in [2.24, 2.45) is 0 Å². The van der Waals surface area contributed by atoms with E-state index >= 15 is 0 Å². The van der Waals surface area contributed by atoms with E-state index in [-0.39, 0.29) is 11.5 Å². The van der Waals surface area contributed by atoms with Crippen LogP contribution in [-0.4, -0.2) is 23.8 Å². The molecule has 2 rings (SSSR count). The second kappa shape index (κ2) is 10.5. The summed E-state index contributed by atoms with van der Waals surface area (Å²) in [6.07, 6.45) is 3.99. The van der Waals surface area contributed by atoms with E-state index in [1.807, 2.05) is 7.05 Å².